The number of hydrogen-bond donors (Lipinski definition) is 1. The van der Waals surface area contributed by atoms with Crippen molar-refractivity contribution in [3.63, 3.8) is 0 Å². The Balaban J connectivity index is 1.25. The summed E-state index contributed by atoms with van der Waals surface area (Å²) in [4.78, 5) is 11.6. The van der Waals surface area contributed by atoms with Crippen LogP contribution in [0.4, 0.5) is 4.39 Å². The SMILES string of the molecule is CC(CCc1cccc(F)c1)Cc1cnoc1-c1ccc(-c2ccc(C3(C(=O)O)CC3)cc2)cc1. The molecule has 3 aromatic carbocycles. The highest BCUT2D eigenvalue weighted by atomic mass is 19.1. The lowest BCUT2D eigenvalue weighted by Gasteiger charge is -2.12. The Bertz CT molecular complexity index is 1320. The van der Waals surface area contributed by atoms with Crippen LogP contribution in [0.3, 0.4) is 0 Å². The van der Waals surface area contributed by atoms with Crippen LogP contribution in [0.15, 0.2) is 83.5 Å². The summed E-state index contributed by atoms with van der Waals surface area (Å²) in [5, 5.41) is 13.5. The number of aromatic nitrogens is 1. The molecule has 4 nitrogen and oxygen atoms in total. The molecule has 5 heteroatoms. The maximum Gasteiger partial charge on any atom is 0.314 e. The van der Waals surface area contributed by atoms with Crippen LogP contribution in [0.2, 0.25) is 0 Å². The predicted octanol–water partition coefficient (Wildman–Crippen LogP) is 7.08. The lowest BCUT2D eigenvalue weighted by Crippen LogP contribution is -2.19. The highest BCUT2D eigenvalue weighted by Gasteiger charge is 2.51. The minimum absolute atomic E-state index is 0.192. The summed E-state index contributed by atoms with van der Waals surface area (Å²) in [6.07, 6.45) is 5.82. The molecule has 35 heavy (non-hydrogen) atoms. The fourth-order valence-corrected chi connectivity index (χ4v) is 4.77. The first-order chi connectivity index (χ1) is 16.9. The van der Waals surface area contributed by atoms with Crippen LogP contribution in [0.5, 0.6) is 0 Å². The zero-order valence-electron chi connectivity index (χ0n) is 19.7. The van der Waals surface area contributed by atoms with Gasteiger partial charge in [0.05, 0.1) is 11.6 Å². The van der Waals surface area contributed by atoms with Crippen LogP contribution in [-0.4, -0.2) is 16.2 Å². The number of aliphatic carboxylic acids is 1. The Kier molecular flexibility index (Phi) is 6.25. The second kappa shape index (κ2) is 9.49. The number of rotatable bonds is 9. The molecule has 0 radical (unpaired) electrons. The van der Waals surface area contributed by atoms with Gasteiger partial charge in [0.1, 0.15) is 5.82 Å². The zero-order chi connectivity index (χ0) is 24.4. The van der Waals surface area contributed by atoms with E-state index in [4.69, 9.17) is 4.52 Å². The van der Waals surface area contributed by atoms with E-state index >= 15 is 0 Å². The molecule has 1 unspecified atom stereocenters. The maximum atomic E-state index is 13.4. The number of hydrogen-bond acceptors (Lipinski definition) is 3. The molecule has 178 valence electrons. The first-order valence-corrected chi connectivity index (χ1v) is 12.1. The molecule has 1 aliphatic carbocycles. The van der Waals surface area contributed by atoms with Crippen molar-refractivity contribution in [2.24, 2.45) is 5.92 Å². The second-order valence-electron chi connectivity index (χ2n) is 9.70. The normalized spacial score (nSPS) is 15.0. The van der Waals surface area contributed by atoms with E-state index in [2.05, 4.69) is 12.1 Å². The number of aryl methyl sites for hydroxylation is 1. The first-order valence-electron chi connectivity index (χ1n) is 12.1. The van der Waals surface area contributed by atoms with E-state index in [1.165, 1.54) is 6.07 Å². The minimum atomic E-state index is -0.735. The average molecular weight is 470 g/mol. The molecule has 1 aromatic heterocycles. The lowest BCUT2D eigenvalue weighted by atomic mass is 9.92. The second-order valence-corrected chi connectivity index (χ2v) is 9.70. The van der Waals surface area contributed by atoms with Crippen molar-refractivity contribution in [1.82, 2.24) is 5.16 Å². The highest BCUT2D eigenvalue weighted by molar-refractivity contribution is 5.85. The number of carboxylic acid groups (broad SMARTS) is 1. The third-order valence-corrected chi connectivity index (χ3v) is 7.10. The molecule has 1 fully saturated rings. The van der Waals surface area contributed by atoms with E-state index in [1.54, 1.807) is 18.3 Å². The van der Waals surface area contributed by atoms with Gasteiger partial charge in [0.2, 0.25) is 0 Å². The van der Waals surface area contributed by atoms with Gasteiger partial charge < -0.3 is 9.63 Å². The summed E-state index contributed by atoms with van der Waals surface area (Å²) in [6.45, 7) is 2.19. The fourth-order valence-electron chi connectivity index (χ4n) is 4.77. The van der Waals surface area contributed by atoms with Crippen LogP contribution in [-0.2, 0) is 23.1 Å². The lowest BCUT2D eigenvalue weighted by molar-refractivity contribution is -0.140. The zero-order valence-corrected chi connectivity index (χ0v) is 19.7. The number of benzene rings is 3. The molecule has 0 saturated heterocycles. The van der Waals surface area contributed by atoms with Crippen LogP contribution in [0.1, 0.15) is 42.9 Å². The van der Waals surface area contributed by atoms with Gasteiger partial charge in [0, 0.05) is 11.1 Å². The van der Waals surface area contributed by atoms with E-state index in [9.17, 15) is 14.3 Å². The third kappa shape index (κ3) is 4.90. The molecule has 1 N–H and O–H groups in total. The molecule has 0 aliphatic heterocycles. The molecule has 5 rings (SSSR count). The molecule has 0 amide bonds. The Morgan fingerprint density at radius 1 is 1.03 bits per heavy atom. The van der Waals surface area contributed by atoms with Crippen LogP contribution in [0.25, 0.3) is 22.5 Å². The smallest absolute Gasteiger partial charge is 0.314 e. The molecule has 0 spiro atoms. The average Bonchev–Trinajstić information content (AvgIpc) is 3.57. The standard InChI is InChI=1S/C30H28FNO3/c1-20(5-6-21-3-2-4-27(31)18-21)17-25-19-32-35-28(25)24-9-7-22(8-10-24)23-11-13-26(14-12-23)30(15-16-30)29(33)34/h2-4,7-14,18-20H,5-6,15-17H2,1H3,(H,33,34). The van der Waals surface area contributed by atoms with Gasteiger partial charge >= 0.3 is 5.97 Å². The van der Waals surface area contributed by atoms with Gasteiger partial charge in [0.15, 0.2) is 5.76 Å². The topological polar surface area (TPSA) is 63.3 Å². The van der Waals surface area contributed by atoms with Crippen molar-refractivity contribution in [1.29, 1.82) is 0 Å². The molecule has 1 saturated carbocycles. The predicted molar refractivity (Wildman–Crippen MR) is 134 cm³/mol. The van der Waals surface area contributed by atoms with Crippen molar-refractivity contribution in [2.45, 2.75) is 44.4 Å². The molecule has 1 aliphatic rings. The number of carboxylic acids is 1. The third-order valence-electron chi connectivity index (χ3n) is 7.10. The van der Waals surface area contributed by atoms with Crippen molar-refractivity contribution in [2.75, 3.05) is 0 Å². The van der Waals surface area contributed by atoms with Crippen molar-refractivity contribution in [3.05, 3.63) is 102 Å². The summed E-state index contributed by atoms with van der Waals surface area (Å²) >= 11 is 0. The first kappa shape index (κ1) is 23.0. The largest absolute Gasteiger partial charge is 0.481 e. The summed E-state index contributed by atoms with van der Waals surface area (Å²) < 4.78 is 19.0. The summed E-state index contributed by atoms with van der Waals surface area (Å²) in [7, 11) is 0. The van der Waals surface area contributed by atoms with Gasteiger partial charge in [-0.15, -0.1) is 0 Å². The van der Waals surface area contributed by atoms with Crippen molar-refractivity contribution < 1.29 is 18.8 Å². The Morgan fingerprint density at radius 2 is 1.69 bits per heavy atom. The van der Waals surface area contributed by atoms with Crippen LogP contribution < -0.4 is 0 Å². The quantitative estimate of drug-likeness (QED) is 0.285. The Labute approximate surface area is 204 Å². The molecular formula is C30H28FNO3. The minimum Gasteiger partial charge on any atom is -0.481 e. The van der Waals surface area contributed by atoms with Gasteiger partial charge in [-0.2, -0.15) is 0 Å². The summed E-state index contributed by atoms with van der Waals surface area (Å²) in [6, 6.07) is 22.8. The highest BCUT2D eigenvalue weighted by Crippen LogP contribution is 2.48. The maximum absolute atomic E-state index is 13.4. The van der Waals surface area contributed by atoms with E-state index < -0.39 is 11.4 Å². The van der Waals surface area contributed by atoms with Gasteiger partial charge in [-0.1, -0.05) is 72.7 Å². The molecule has 4 aromatic rings. The summed E-state index contributed by atoms with van der Waals surface area (Å²) in [5.41, 5.74) is 5.36. The van der Waals surface area contributed by atoms with E-state index in [1.807, 2.05) is 54.6 Å². The van der Waals surface area contributed by atoms with Gasteiger partial charge in [-0.05, 0) is 72.4 Å². The van der Waals surface area contributed by atoms with E-state index in [0.717, 1.165) is 58.4 Å². The van der Waals surface area contributed by atoms with Gasteiger partial charge in [-0.3, -0.25) is 4.79 Å². The van der Waals surface area contributed by atoms with Gasteiger partial charge in [0.25, 0.3) is 0 Å². The number of nitrogens with zero attached hydrogens (tertiary/aromatic N) is 1. The van der Waals surface area contributed by atoms with Crippen LogP contribution >= 0.6 is 0 Å². The Morgan fingerprint density at radius 3 is 2.31 bits per heavy atom. The van der Waals surface area contributed by atoms with Crippen LogP contribution in [0, 0.1) is 11.7 Å². The molecular weight excluding hydrogens is 441 g/mol. The Hall–Kier alpha value is -3.73. The number of carbonyl (C=O) groups is 1. The van der Waals surface area contributed by atoms with Crippen molar-refractivity contribution in [3.8, 4) is 22.5 Å². The van der Waals surface area contributed by atoms with E-state index in [0.29, 0.717) is 18.8 Å². The molecule has 1 heterocycles. The van der Waals surface area contributed by atoms with Crippen molar-refractivity contribution >= 4 is 5.97 Å². The molecule has 0 bridgehead atoms. The fraction of sp³-hybridized carbons (Fsp3) is 0.267. The monoisotopic (exact) mass is 469 g/mol. The number of halogens is 1. The van der Waals surface area contributed by atoms with Gasteiger partial charge in [-0.25, -0.2) is 4.39 Å². The molecule has 1 atom stereocenters. The van der Waals surface area contributed by atoms with E-state index in [-0.39, 0.29) is 5.82 Å². The summed E-state index contributed by atoms with van der Waals surface area (Å²) in [5.74, 6) is 0.250.